The van der Waals surface area contributed by atoms with Crippen molar-refractivity contribution in [3.05, 3.63) is 50.4 Å². The number of likely N-dealkylation sites (N-methyl/N-ethyl adjacent to an activating group) is 1. The number of aromatic nitrogens is 4. The van der Waals surface area contributed by atoms with E-state index >= 15 is 0 Å². The lowest BCUT2D eigenvalue weighted by Gasteiger charge is -2.17. The first-order valence-corrected chi connectivity index (χ1v) is 9.12. The van der Waals surface area contributed by atoms with Crippen LogP contribution in [0.25, 0.3) is 17.5 Å². The van der Waals surface area contributed by atoms with E-state index in [1.54, 1.807) is 30.3 Å². The summed E-state index contributed by atoms with van der Waals surface area (Å²) in [6.07, 6.45) is 3.34. The van der Waals surface area contributed by atoms with Gasteiger partial charge in [-0.15, -0.1) is 0 Å². The van der Waals surface area contributed by atoms with Gasteiger partial charge in [-0.25, -0.2) is 9.98 Å². The van der Waals surface area contributed by atoms with Crippen LogP contribution in [0.4, 0.5) is 0 Å². The van der Waals surface area contributed by atoms with E-state index in [9.17, 15) is 9.59 Å². The van der Waals surface area contributed by atoms with Crippen LogP contribution in [0, 0.1) is 6.92 Å². The lowest BCUT2D eigenvalue weighted by molar-refractivity contribution is 0.0682. The number of aromatic amines is 3. The lowest BCUT2D eigenvalue weighted by atomic mass is 10.1. The maximum atomic E-state index is 12.9. The van der Waals surface area contributed by atoms with Crippen LogP contribution in [0.2, 0.25) is 0 Å². The van der Waals surface area contributed by atoms with Crippen molar-refractivity contribution < 1.29 is 9.53 Å². The summed E-state index contributed by atoms with van der Waals surface area (Å²) in [7, 11) is 1.73. The van der Waals surface area contributed by atoms with Crippen LogP contribution in [-0.2, 0) is 4.74 Å². The van der Waals surface area contributed by atoms with Crippen molar-refractivity contribution in [1.29, 1.82) is 0 Å². The fourth-order valence-electron chi connectivity index (χ4n) is 3.26. The average Bonchev–Trinajstić information content (AvgIpc) is 3.17. The molecule has 1 amide bonds. The van der Waals surface area contributed by atoms with Crippen molar-refractivity contribution in [1.82, 2.24) is 24.8 Å². The molecule has 1 aromatic rings. The normalized spacial score (nSPS) is 19.5. The second-order valence-electron chi connectivity index (χ2n) is 7.06. The van der Waals surface area contributed by atoms with Gasteiger partial charge in [-0.2, -0.15) is 0 Å². The minimum absolute atomic E-state index is 0.124. The zero-order valence-electron chi connectivity index (χ0n) is 16.0. The molecule has 1 aromatic heterocycles. The van der Waals surface area contributed by atoms with Gasteiger partial charge >= 0.3 is 0 Å². The summed E-state index contributed by atoms with van der Waals surface area (Å²) >= 11 is 0. The summed E-state index contributed by atoms with van der Waals surface area (Å²) in [4.78, 5) is 45.0. The van der Waals surface area contributed by atoms with Crippen LogP contribution >= 0.6 is 0 Å². The zero-order valence-corrected chi connectivity index (χ0v) is 16.0. The molecule has 3 N–H and O–H groups in total. The molecule has 0 spiro atoms. The van der Waals surface area contributed by atoms with E-state index in [4.69, 9.17) is 4.74 Å². The molecule has 4 heterocycles. The van der Waals surface area contributed by atoms with Crippen LogP contribution in [0.5, 0.6) is 0 Å². The molecular formula is C19H22N6O3. The first-order valence-electron chi connectivity index (χ1n) is 9.12. The molecule has 0 unspecified atom stereocenters. The molecule has 0 fully saturated rings. The number of amides is 1. The van der Waals surface area contributed by atoms with E-state index in [0.29, 0.717) is 53.2 Å². The molecule has 0 aliphatic carbocycles. The molecule has 0 radical (unpaired) electrons. The highest BCUT2D eigenvalue weighted by Crippen LogP contribution is 2.15. The molecule has 9 nitrogen and oxygen atoms in total. The van der Waals surface area contributed by atoms with Crippen LogP contribution in [0.15, 0.2) is 22.1 Å². The highest BCUT2D eigenvalue weighted by Gasteiger charge is 2.19. The molecule has 1 atom stereocenters. The Labute approximate surface area is 160 Å². The number of carbonyl (C=O) groups excluding carboxylic acids is 1. The predicted octanol–water partition coefficient (Wildman–Crippen LogP) is -0.222. The van der Waals surface area contributed by atoms with Gasteiger partial charge in [0.15, 0.2) is 0 Å². The zero-order chi connectivity index (χ0) is 19.8. The van der Waals surface area contributed by atoms with E-state index in [2.05, 4.69) is 24.9 Å². The topological polar surface area (TPSA) is 119 Å². The fraction of sp³-hybridized carbons (Fsp3) is 0.368. The third-order valence-electron chi connectivity index (χ3n) is 4.69. The van der Waals surface area contributed by atoms with E-state index in [0.717, 1.165) is 5.69 Å². The molecule has 28 heavy (non-hydrogen) atoms. The number of hydrogen-bond acceptors (Lipinski definition) is 5. The van der Waals surface area contributed by atoms with Gasteiger partial charge in [0.1, 0.15) is 5.69 Å². The second-order valence-corrected chi connectivity index (χ2v) is 7.06. The molecule has 0 saturated carbocycles. The second kappa shape index (κ2) is 7.08. The number of rotatable bonds is 0. The first-order chi connectivity index (χ1) is 13.4. The first kappa shape index (κ1) is 18.2. The number of aryl methyl sites for hydroxylation is 1. The van der Waals surface area contributed by atoms with Crippen LogP contribution in [-0.4, -0.2) is 63.6 Å². The Hall–Kier alpha value is -3.20. The fourth-order valence-corrected chi connectivity index (χ4v) is 3.26. The minimum Gasteiger partial charge on any atom is -0.377 e. The monoisotopic (exact) mass is 382 g/mol. The van der Waals surface area contributed by atoms with Gasteiger partial charge in [0.2, 0.25) is 5.62 Å². The standard InChI is InChI=1S/C19H22N6O3/c1-10-6-12-14(21-10)7-13-16-15(23-17(13)26)8-20-19(24-16)22-11(2)9-28-5-4-25(3)18(12)27/h6-8,11,21H,4-5,9H2,1-3H3,(H,23,26)(H,20,22,24)/b13-7-/t11-/m0/s1. The van der Waals surface area contributed by atoms with Crippen molar-refractivity contribution in [2.24, 2.45) is 4.99 Å². The van der Waals surface area contributed by atoms with Crippen molar-refractivity contribution in [2.75, 3.05) is 26.8 Å². The molecule has 4 rings (SSSR count). The molecule has 9 heteroatoms. The summed E-state index contributed by atoms with van der Waals surface area (Å²) < 4.78 is 5.66. The molecule has 146 valence electrons. The average molecular weight is 382 g/mol. The van der Waals surface area contributed by atoms with Crippen LogP contribution in [0.3, 0.4) is 0 Å². The van der Waals surface area contributed by atoms with Gasteiger partial charge in [0.05, 0.1) is 41.4 Å². The Kier molecular flexibility index (Phi) is 4.60. The van der Waals surface area contributed by atoms with Gasteiger partial charge in [-0.1, -0.05) is 0 Å². The molecule has 0 aromatic carbocycles. The Morgan fingerprint density at radius 2 is 2.11 bits per heavy atom. The largest absolute Gasteiger partial charge is 0.377 e. The smallest absolute Gasteiger partial charge is 0.258 e. The Bertz CT molecular complexity index is 1170. The molecular weight excluding hydrogens is 360 g/mol. The lowest BCUT2D eigenvalue weighted by Crippen LogP contribution is -2.31. The number of carbonyl (C=O) groups is 1. The van der Waals surface area contributed by atoms with Gasteiger partial charge in [0, 0.05) is 25.5 Å². The molecule has 3 aliphatic heterocycles. The van der Waals surface area contributed by atoms with Gasteiger partial charge in [-0.05, 0) is 26.0 Å². The van der Waals surface area contributed by atoms with E-state index < -0.39 is 0 Å². The summed E-state index contributed by atoms with van der Waals surface area (Å²) in [5, 5.41) is 0.387. The van der Waals surface area contributed by atoms with Crippen molar-refractivity contribution in [3.63, 3.8) is 0 Å². The SMILES string of the molecule is Cc1cc2c([nH]1)/C=c1/c3nc([nH]cc-3[nH]c1=O)=N[C@@H](C)COCCN(C)C2=O. The Morgan fingerprint density at radius 3 is 2.93 bits per heavy atom. The number of nitrogens with one attached hydrogen (secondary N) is 3. The van der Waals surface area contributed by atoms with Crippen molar-refractivity contribution in [3.8, 4) is 11.4 Å². The molecule has 0 saturated heterocycles. The predicted molar refractivity (Wildman–Crippen MR) is 103 cm³/mol. The highest BCUT2D eigenvalue weighted by atomic mass is 16.5. The van der Waals surface area contributed by atoms with Crippen LogP contribution in [0.1, 0.15) is 28.7 Å². The number of H-pyrrole nitrogens is 3. The number of hydrogen-bond donors (Lipinski definition) is 3. The highest BCUT2D eigenvalue weighted by molar-refractivity contribution is 5.97. The van der Waals surface area contributed by atoms with Crippen molar-refractivity contribution in [2.45, 2.75) is 19.9 Å². The number of ether oxygens (including phenoxy) is 1. The van der Waals surface area contributed by atoms with Crippen molar-refractivity contribution >= 4 is 12.0 Å². The summed E-state index contributed by atoms with van der Waals surface area (Å²) in [6, 6.07) is 1.66. The maximum absolute atomic E-state index is 12.9. The third-order valence-corrected chi connectivity index (χ3v) is 4.69. The molecule has 2 bridgehead atoms. The van der Waals surface area contributed by atoms with E-state index in [1.165, 1.54) is 0 Å². The van der Waals surface area contributed by atoms with Gasteiger partial charge in [0.25, 0.3) is 11.5 Å². The molecule has 3 aliphatic rings. The third kappa shape index (κ3) is 3.36. The summed E-state index contributed by atoms with van der Waals surface area (Å²) in [5.74, 6) is -0.138. The van der Waals surface area contributed by atoms with Gasteiger partial charge in [-0.3, -0.25) is 9.59 Å². The Morgan fingerprint density at radius 1 is 1.29 bits per heavy atom. The number of nitrogens with zero attached hydrogens (tertiary/aromatic N) is 3. The Balaban J connectivity index is 1.98. The summed E-state index contributed by atoms with van der Waals surface area (Å²) in [6.45, 7) is 5.06. The maximum Gasteiger partial charge on any atom is 0.258 e. The number of fused-ring (bicyclic) bond motifs is 2. The van der Waals surface area contributed by atoms with E-state index in [-0.39, 0.29) is 17.5 Å². The van der Waals surface area contributed by atoms with Gasteiger partial charge < -0.3 is 24.6 Å². The van der Waals surface area contributed by atoms with E-state index in [1.807, 2.05) is 13.8 Å². The summed E-state index contributed by atoms with van der Waals surface area (Å²) in [5.41, 5.74) is 3.14. The quantitative estimate of drug-likeness (QED) is 0.498. The minimum atomic E-state index is -0.271. The van der Waals surface area contributed by atoms with Crippen LogP contribution < -0.4 is 16.4 Å².